The zero-order valence-corrected chi connectivity index (χ0v) is 5.26. The van der Waals surface area contributed by atoms with Gasteiger partial charge in [0.1, 0.15) is 0 Å². The Morgan fingerprint density at radius 1 is 1.78 bits per heavy atom. The summed E-state index contributed by atoms with van der Waals surface area (Å²) in [7, 11) is 0. The molecular formula is C6H8N3. The van der Waals surface area contributed by atoms with Crippen LogP contribution in [-0.2, 0) is 0 Å². The normalized spacial score (nSPS) is 9.00. The number of hydrogen-bond acceptors (Lipinski definition) is 3. The number of aromatic nitrogens is 2. The summed E-state index contributed by atoms with van der Waals surface area (Å²) < 4.78 is 0. The van der Waals surface area contributed by atoms with Crippen molar-refractivity contribution in [3.63, 3.8) is 0 Å². The van der Waals surface area contributed by atoms with Crippen LogP contribution in [0.5, 0.6) is 0 Å². The topological polar surface area (TPSA) is 37.8 Å². The van der Waals surface area contributed by atoms with Crippen molar-refractivity contribution >= 4 is 5.95 Å². The third-order valence-corrected chi connectivity index (χ3v) is 0.851. The maximum Gasteiger partial charge on any atom is 0.223 e. The second-order valence-corrected chi connectivity index (χ2v) is 1.54. The van der Waals surface area contributed by atoms with Crippen molar-refractivity contribution in [2.24, 2.45) is 0 Å². The van der Waals surface area contributed by atoms with E-state index in [9.17, 15) is 0 Å². The van der Waals surface area contributed by atoms with Crippen LogP contribution in [0.4, 0.5) is 5.95 Å². The van der Waals surface area contributed by atoms with Crippen LogP contribution in [0.2, 0.25) is 0 Å². The van der Waals surface area contributed by atoms with Crippen LogP contribution in [0, 0.1) is 6.20 Å². The molecule has 0 saturated carbocycles. The van der Waals surface area contributed by atoms with Gasteiger partial charge in [-0.25, -0.2) is 9.97 Å². The molecule has 0 aromatic carbocycles. The molecule has 3 heteroatoms. The second kappa shape index (κ2) is 3.02. The second-order valence-electron chi connectivity index (χ2n) is 1.54. The molecule has 0 unspecified atom stereocenters. The van der Waals surface area contributed by atoms with Crippen LogP contribution < -0.4 is 5.32 Å². The average Bonchev–Trinajstić information content (AvgIpc) is 1.91. The van der Waals surface area contributed by atoms with Crippen LogP contribution in [0.3, 0.4) is 0 Å². The van der Waals surface area contributed by atoms with Crippen LogP contribution >= 0.6 is 0 Å². The first-order valence-corrected chi connectivity index (χ1v) is 2.86. The van der Waals surface area contributed by atoms with Gasteiger partial charge in [-0.3, -0.25) is 0 Å². The lowest BCUT2D eigenvalue weighted by Crippen LogP contribution is -2.00. The van der Waals surface area contributed by atoms with E-state index < -0.39 is 0 Å². The van der Waals surface area contributed by atoms with E-state index in [1.54, 1.807) is 12.3 Å². The Morgan fingerprint density at radius 3 is 3.22 bits per heavy atom. The largest absolute Gasteiger partial charge is 0.354 e. The van der Waals surface area contributed by atoms with E-state index in [1.165, 1.54) is 0 Å². The standard InChI is InChI=1S/C6H8N3/c1-2-7-6-8-4-3-5-9-6/h3-4H,2H2,1H3,(H,7,8,9). The summed E-state index contributed by atoms with van der Waals surface area (Å²) in [6, 6.07) is 1.67. The van der Waals surface area contributed by atoms with Gasteiger partial charge in [0.15, 0.2) is 0 Å². The highest BCUT2D eigenvalue weighted by molar-refractivity contribution is 5.20. The summed E-state index contributed by atoms with van der Waals surface area (Å²) in [5, 5.41) is 2.95. The molecule has 0 aliphatic heterocycles. The lowest BCUT2D eigenvalue weighted by atomic mass is 10.6. The lowest BCUT2D eigenvalue weighted by molar-refractivity contribution is 1.08. The molecule has 1 rings (SSSR count). The molecule has 0 aliphatic rings. The Kier molecular flexibility index (Phi) is 2.01. The van der Waals surface area contributed by atoms with Crippen molar-refractivity contribution in [1.82, 2.24) is 9.97 Å². The number of nitrogens with one attached hydrogen (secondary N) is 1. The molecule has 1 radical (unpaired) electrons. The average molecular weight is 122 g/mol. The first-order chi connectivity index (χ1) is 4.43. The molecule has 0 atom stereocenters. The monoisotopic (exact) mass is 122 g/mol. The van der Waals surface area contributed by atoms with Gasteiger partial charge >= 0.3 is 0 Å². The first kappa shape index (κ1) is 6.01. The molecule has 1 aromatic heterocycles. The van der Waals surface area contributed by atoms with Gasteiger partial charge in [-0.15, -0.1) is 0 Å². The van der Waals surface area contributed by atoms with Gasteiger partial charge in [-0.2, -0.15) is 0 Å². The zero-order chi connectivity index (χ0) is 6.53. The van der Waals surface area contributed by atoms with Crippen molar-refractivity contribution in [3.8, 4) is 0 Å². The minimum absolute atomic E-state index is 0.639. The van der Waals surface area contributed by atoms with Gasteiger partial charge in [0.05, 0.1) is 6.20 Å². The fourth-order valence-corrected chi connectivity index (χ4v) is 0.512. The zero-order valence-electron chi connectivity index (χ0n) is 5.26. The Hall–Kier alpha value is -1.12. The highest BCUT2D eigenvalue weighted by Gasteiger charge is 1.85. The van der Waals surface area contributed by atoms with E-state index in [0.29, 0.717) is 5.95 Å². The van der Waals surface area contributed by atoms with Crippen LogP contribution in [0.1, 0.15) is 6.92 Å². The number of hydrogen-bond donors (Lipinski definition) is 1. The SMILES string of the molecule is CCNc1n[c]ccn1. The van der Waals surface area contributed by atoms with Gasteiger partial charge in [0.2, 0.25) is 5.95 Å². The summed E-state index contributed by atoms with van der Waals surface area (Å²) in [5.74, 6) is 0.639. The highest BCUT2D eigenvalue weighted by atomic mass is 15.1. The summed E-state index contributed by atoms with van der Waals surface area (Å²) in [6.07, 6.45) is 4.33. The van der Waals surface area contributed by atoms with E-state index in [2.05, 4.69) is 21.5 Å². The van der Waals surface area contributed by atoms with Crippen LogP contribution in [-0.4, -0.2) is 16.5 Å². The smallest absolute Gasteiger partial charge is 0.223 e. The molecule has 3 nitrogen and oxygen atoms in total. The number of anilines is 1. The Labute approximate surface area is 54.2 Å². The maximum atomic E-state index is 3.92. The third kappa shape index (κ3) is 1.68. The van der Waals surface area contributed by atoms with Crippen molar-refractivity contribution in [2.75, 3.05) is 11.9 Å². The third-order valence-electron chi connectivity index (χ3n) is 0.851. The Bertz CT molecular complexity index is 161. The Morgan fingerprint density at radius 2 is 2.67 bits per heavy atom. The molecule has 0 saturated heterocycles. The highest BCUT2D eigenvalue weighted by Crippen LogP contribution is 1.90. The van der Waals surface area contributed by atoms with Gasteiger partial charge in [0.25, 0.3) is 0 Å². The van der Waals surface area contributed by atoms with Crippen LogP contribution in [0.15, 0.2) is 12.3 Å². The van der Waals surface area contributed by atoms with Crippen molar-refractivity contribution in [1.29, 1.82) is 0 Å². The predicted molar refractivity (Wildman–Crippen MR) is 35.0 cm³/mol. The molecule has 0 bridgehead atoms. The van der Waals surface area contributed by atoms with Gasteiger partial charge in [0, 0.05) is 12.7 Å². The molecule has 1 N–H and O–H groups in total. The summed E-state index contributed by atoms with van der Waals surface area (Å²) in [5.41, 5.74) is 0. The number of nitrogens with zero attached hydrogens (tertiary/aromatic N) is 2. The molecule has 1 aromatic rings. The lowest BCUT2D eigenvalue weighted by Gasteiger charge is -1.95. The van der Waals surface area contributed by atoms with E-state index in [4.69, 9.17) is 0 Å². The molecule has 9 heavy (non-hydrogen) atoms. The molecule has 0 fully saturated rings. The summed E-state index contributed by atoms with van der Waals surface area (Å²) in [4.78, 5) is 7.74. The minimum Gasteiger partial charge on any atom is -0.354 e. The van der Waals surface area contributed by atoms with E-state index in [0.717, 1.165) is 6.54 Å². The molecule has 47 valence electrons. The molecular weight excluding hydrogens is 114 g/mol. The van der Waals surface area contributed by atoms with Gasteiger partial charge < -0.3 is 5.32 Å². The van der Waals surface area contributed by atoms with Gasteiger partial charge in [-0.05, 0) is 13.0 Å². The summed E-state index contributed by atoms with van der Waals surface area (Å²) in [6.45, 7) is 2.84. The first-order valence-electron chi connectivity index (χ1n) is 2.86. The van der Waals surface area contributed by atoms with Gasteiger partial charge in [-0.1, -0.05) is 0 Å². The van der Waals surface area contributed by atoms with E-state index >= 15 is 0 Å². The van der Waals surface area contributed by atoms with Crippen molar-refractivity contribution in [2.45, 2.75) is 6.92 Å². The fraction of sp³-hybridized carbons (Fsp3) is 0.333. The molecule has 0 aliphatic carbocycles. The molecule has 1 heterocycles. The van der Waals surface area contributed by atoms with Crippen molar-refractivity contribution < 1.29 is 0 Å². The quantitative estimate of drug-likeness (QED) is 0.627. The molecule has 0 amide bonds. The minimum atomic E-state index is 0.639. The fourth-order valence-electron chi connectivity index (χ4n) is 0.512. The van der Waals surface area contributed by atoms with Crippen molar-refractivity contribution in [3.05, 3.63) is 18.5 Å². The molecule has 0 spiro atoms. The maximum absolute atomic E-state index is 3.92. The predicted octanol–water partition coefficient (Wildman–Crippen LogP) is 0.709. The number of rotatable bonds is 2. The Balaban J connectivity index is 2.61. The summed E-state index contributed by atoms with van der Waals surface area (Å²) >= 11 is 0. The van der Waals surface area contributed by atoms with E-state index in [-0.39, 0.29) is 0 Å². The van der Waals surface area contributed by atoms with Crippen LogP contribution in [0.25, 0.3) is 0 Å². The van der Waals surface area contributed by atoms with E-state index in [1.807, 2.05) is 6.92 Å².